The molecule has 3 aromatic rings. The zero-order valence-corrected chi connectivity index (χ0v) is 25.0. The molecule has 2 aliphatic heterocycles. The lowest BCUT2D eigenvalue weighted by molar-refractivity contribution is -0.131. The second-order valence-electron chi connectivity index (χ2n) is 11.4. The average molecular weight is 567 g/mol. The monoisotopic (exact) mass is 566 g/mol. The van der Waals surface area contributed by atoms with Gasteiger partial charge >= 0.3 is 0 Å². The van der Waals surface area contributed by atoms with E-state index in [1.165, 1.54) is 12.1 Å². The fourth-order valence-corrected chi connectivity index (χ4v) is 6.45. The largest absolute Gasteiger partial charge is 0.385 e. The number of anilines is 1. The summed E-state index contributed by atoms with van der Waals surface area (Å²) in [5, 5.41) is 6.56. The SMILES string of the molecule is COC(C)[Si](C)(C)C.Cc1ccc(F)cc1C1CC(=O)NC(c2cccc(Cl)c2)C12C(=O)Nc1ccccc12. The third-order valence-electron chi connectivity index (χ3n) is 8.07. The van der Waals surface area contributed by atoms with E-state index in [-0.39, 0.29) is 18.2 Å². The molecule has 5 rings (SSSR count). The van der Waals surface area contributed by atoms with Crippen LogP contribution in [0.15, 0.2) is 66.7 Å². The van der Waals surface area contributed by atoms with Crippen molar-refractivity contribution in [3.05, 3.63) is 99.8 Å². The van der Waals surface area contributed by atoms with Crippen LogP contribution in [0.5, 0.6) is 0 Å². The van der Waals surface area contributed by atoms with E-state index in [4.69, 9.17) is 16.3 Å². The van der Waals surface area contributed by atoms with Gasteiger partial charge in [0.1, 0.15) is 11.2 Å². The molecular weight excluding hydrogens is 531 g/mol. The minimum Gasteiger partial charge on any atom is -0.385 e. The summed E-state index contributed by atoms with van der Waals surface area (Å²) < 4.78 is 19.5. The summed E-state index contributed by atoms with van der Waals surface area (Å²) in [6, 6.07) is 18.5. The summed E-state index contributed by atoms with van der Waals surface area (Å²) in [6.45, 7) is 10.9. The Labute approximate surface area is 236 Å². The fourth-order valence-electron chi connectivity index (χ4n) is 5.54. The molecule has 4 unspecified atom stereocenters. The third-order valence-corrected chi connectivity index (χ3v) is 11.0. The Morgan fingerprint density at radius 2 is 1.77 bits per heavy atom. The Morgan fingerprint density at radius 3 is 2.41 bits per heavy atom. The molecule has 206 valence electrons. The Hall–Kier alpha value is -3.00. The van der Waals surface area contributed by atoms with Gasteiger partial charge in [-0.15, -0.1) is 0 Å². The van der Waals surface area contributed by atoms with Crippen molar-refractivity contribution in [3.8, 4) is 0 Å². The molecule has 2 heterocycles. The smallest absolute Gasteiger partial charge is 0.238 e. The number of amides is 2. The van der Waals surface area contributed by atoms with Gasteiger partial charge < -0.3 is 15.4 Å². The third kappa shape index (κ3) is 5.53. The summed E-state index contributed by atoms with van der Waals surface area (Å²) in [5.74, 6) is -1.36. The van der Waals surface area contributed by atoms with E-state index < -0.39 is 31.3 Å². The van der Waals surface area contributed by atoms with Gasteiger partial charge in [-0.05, 0) is 66.4 Å². The van der Waals surface area contributed by atoms with Crippen LogP contribution < -0.4 is 10.6 Å². The number of hydrogen-bond acceptors (Lipinski definition) is 3. The normalized spacial score (nSPS) is 22.9. The van der Waals surface area contributed by atoms with E-state index in [2.05, 4.69) is 37.2 Å². The van der Waals surface area contributed by atoms with Gasteiger partial charge in [-0.1, -0.05) is 67.6 Å². The number of rotatable bonds is 4. The van der Waals surface area contributed by atoms with Crippen molar-refractivity contribution in [2.75, 3.05) is 12.4 Å². The molecule has 0 saturated carbocycles. The molecule has 0 aliphatic carbocycles. The Bertz CT molecular complexity index is 1390. The molecule has 2 N–H and O–H groups in total. The number of carbonyl (C=O) groups is 2. The minimum atomic E-state index is -1.15. The fraction of sp³-hybridized carbons (Fsp3) is 0.355. The second kappa shape index (κ2) is 11.2. The van der Waals surface area contributed by atoms with E-state index in [0.717, 1.165) is 16.7 Å². The topological polar surface area (TPSA) is 67.4 Å². The van der Waals surface area contributed by atoms with Crippen molar-refractivity contribution in [2.45, 2.75) is 63.0 Å². The Balaban J connectivity index is 0.000000386. The van der Waals surface area contributed by atoms with Gasteiger partial charge in [0.25, 0.3) is 0 Å². The number of para-hydroxylation sites is 1. The van der Waals surface area contributed by atoms with E-state index in [0.29, 0.717) is 22.0 Å². The van der Waals surface area contributed by atoms with Gasteiger partial charge in [0.2, 0.25) is 11.8 Å². The van der Waals surface area contributed by atoms with Gasteiger partial charge in [-0.3, -0.25) is 9.59 Å². The maximum Gasteiger partial charge on any atom is 0.238 e. The maximum atomic E-state index is 14.3. The van der Waals surface area contributed by atoms with Gasteiger partial charge in [-0.2, -0.15) is 0 Å². The van der Waals surface area contributed by atoms with Crippen LogP contribution >= 0.6 is 11.6 Å². The highest BCUT2D eigenvalue weighted by Crippen LogP contribution is 2.57. The van der Waals surface area contributed by atoms with E-state index in [1.54, 1.807) is 31.4 Å². The summed E-state index contributed by atoms with van der Waals surface area (Å²) in [6.07, 6.45) is 0.0725. The van der Waals surface area contributed by atoms with Gasteiger partial charge in [0.15, 0.2) is 0 Å². The maximum absolute atomic E-state index is 14.3. The molecular formula is C31H36ClFN2O3Si. The zero-order valence-electron chi connectivity index (χ0n) is 23.3. The first-order valence-corrected chi connectivity index (χ1v) is 17.1. The molecule has 1 fully saturated rings. The van der Waals surface area contributed by atoms with Crippen LogP contribution in [0.4, 0.5) is 10.1 Å². The Kier molecular flexibility index (Phi) is 8.35. The predicted octanol–water partition coefficient (Wildman–Crippen LogP) is 6.92. The molecule has 3 aromatic carbocycles. The molecule has 1 spiro atoms. The van der Waals surface area contributed by atoms with Crippen LogP contribution in [0.1, 0.15) is 47.6 Å². The van der Waals surface area contributed by atoms with Gasteiger partial charge in [0, 0.05) is 35.9 Å². The molecule has 0 aromatic heterocycles. The molecule has 2 aliphatic rings. The first kappa shape index (κ1) is 29.0. The highest BCUT2D eigenvalue weighted by molar-refractivity contribution is 6.77. The lowest BCUT2D eigenvalue weighted by atomic mass is 9.59. The molecule has 0 bridgehead atoms. The quantitative estimate of drug-likeness (QED) is 0.337. The number of methoxy groups -OCH3 is 1. The summed E-state index contributed by atoms with van der Waals surface area (Å²) in [5.41, 5.74) is 3.06. The Morgan fingerprint density at radius 1 is 1.05 bits per heavy atom. The molecule has 0 radical (unpaired) electrons. The molecule has 39 heavy (non-hydrogen) atoms. The number of aryl methyl sites for hydroxylation is 1. The highest BCUT2D eigenvalue weighted by Gasteiger charge is 2.61. The molecule has 8 heteroatoms. The van der Waals surface area contributed by atoms with Crippen LogP contribution in [-0.2, 0) is 19.7 Å². The summed E-state index contributed by atoms with van der Waals surface area (Å²) >= 11 is 6.27. The molecule has 1 saturated heterocycles. The van der Waals surface area contributed by atoms with Gasteiger partial charge in [0.05, 0.1) is 14.1 Å². The van der Waals surface area contributed by atoms with Crippen LogP contribution in [0.3, 0.4) is 0 Å². The lowest BCUT2D eigenvalue weighted by Gasteiger charge is -2.46. The van der Waals surface area contributed by atoms with Crippen molar-refractivity contribution in [2.24, 2.45) is 0 Å². The number of benzene rings is 3. The van der Waals surface area contributed by atoms with E-state index in [1.807, 2.05) is 37.3 Å². The van der Waals surface area contributed by atoms with Crippen molar-refractivity contribution in [3.63, 3.8) is 0 Å². The lowest BCUT2D eigenvalue weighted by Crippen LogP contribution is -2.57. The van der Waals surface area contributed by atoms with Crippen LogP contribution in [-0.4, -0.2) is 32.7 Å². The van der Waals surface area contributed by atoms with E-state index in [9.17, 15) is 14.0 Å². The predicted molar refractivity (Wildman–Crippen MR) is 157 cm³/mol. The number of ether oxygens (including phenoxy) is 1. The van der Waals surface area contributed by atoms with Crippen LogP contribution in [0.2, 0.25) is 24.7 Å². The summed E-state index contributed by atoms with van der Waals surface area (Å²) in [7, 11) is 0.798. The number of hydrogen-bond donors (Lipinski definition) is 2. The first-order chi connectivity index (χ1) is 18.4. The average Bonchev–Trinajstić information content (AvgIpc) is 3.18. The number of halogens is 2. The van der Waals surface area contributed by atoms with Crippen LogP contribution in [0.25, 0.3) is 0 Å². The number of nitrogens with one attached hydrogen (secondary N) is 2. The molecule has 4 atom stereocenters. The number of piperidine rings is 1. The van der Waals surface area contributed by atoms with Crippen molar-refractivity contribution in [1.29, 1.82) is 0 Å². The van der Waals surface area contributed by atoms with Crippen molar-refractivity contribution < 1.29 is 18.7 Å². The zero-order chi connectivity index (χ0) is 28.5. The summed E-state index contributed by atoms with van der Waals surface area (Å²) in [4.78, 5) is 26.7. The van der Waals surface area contributed by atoms with Crippen LogP contribution in [0, 0.1) is 12.7 Å². The standard InChI is InChI=1S/C25H20ClFN2O2.C6H16OSi/c1-14-9-10-17(27)12-18(14)20-13-22(30)29-23(15-5-4-6-16(26)11-15)25(20)19-7-2-3-8-21(19)28-24(25)31;1-6(7-2)8(3,4)5/h2-12,20,23H,13H2,1H3,(H,28,31)(H,29,30);6H,1-5H3. The molecule has 2 amide bonds. The number of fused-ring (bicyclic) bond motifs is 2. The second-order valence-corrected chi connectivity index (χ2v) is 17.4. The van der Waals surface area contributed by atoms with Crippen molar-refractivity contribution >= 4 is 37.2 Å². The highest BCUT2D eigenvalue weighted by atomic mass is 35.5. The number of carbonyl (C=O) groups excluding carboxylic acids is 2. The van der Waals surface area contributed by atoms with E-state index >= 15 is 0 Å². The molecule has 5 nitrogen and oxygen atoms in total. The van der Waals surface area contributed by atoms with Crippen molar-refractivity contribution in [1.82, 2.24) is 5.32 Å². The van der Waals surface area contributed by atoms with Gasteiger partial charge in [-0.25, -0.2) is 4.39 Å². The first-order valence-electron chi connectivity index (χ1n) is 13.1. The minimum absolute atomic E-state index is 0.0725.